The molecule has 0 spiro atoms. The Kier molecular flexibility index (Phi) is 2.16. The number of aromatic nitrogens is 2. The first-order valence-corrected chi connectivity index (χ1v) is 5.67. The third-order valence-corrected chi connectivity index (χ3v) is 3.27. The molecule has 0 bridgehead atoms. The molecule has 1 aromatic carbocycles. The lowest BCUT2D eigenvalue weighted by Crippen LogP contribution is -1.95. The molecule has 0 fully saturated rings. The van der Waals surface area contributed by atoms with Gasteiger partial charge in [0.25, 0.3) is 0 Å². The molecule has 0 unspecified atom stereocenters. The smallest absolute Gasteiger partial charge is 0.0853 e. The Morgan fingerprint density at radius 1 is 1.24 bits per heavy atom. The standard InChI is InChI=1S/C14H14N2O/c1-9-14-12(7-10(8-17)15-9)11-5-3-4-6-13(11)16(14)2/h3-7,17H,8H2,1-2H3. The Balaban J connectivity index is 2.57. The number of aliphatic hydroxyl groups excluding tert-OH is 1. The second kappa shape index (κ2) is 3.57. The van der Waals surface area contributed by atoms with E-state index < -0.39 is 0 Å². The van der Waals surface area contributed by atoms with Crippen molar-refractivity contribution in [3.05, 3.63) is 41.7 Å². The third kappa shape index (κ3) is 1.36. The van der Waals surface area contributed by atoms with Crippen LogP contribution in [0, 0.1) is 6.92 Å². The van der Waals surface area contributed by atoms with Crippen LogP contribution in [-0.4, -0.2) is 14.7 Å². The molecule has 1 N–H and O–H groups in total. The van der Waals surface area contributed by atoms with Gasteiger partial charge in [0.2, 0.25) is 0 Å². The quantitative estimate of drug-likeness (QED) is 0.692. The zero-order chi connectivity index (χ0) is 12.0. The fraction of sp³-hybridized carbons (Fsp3) is 0.214. The molecule has 3 aromatic rings. The highest BCUT2D eigenvalue weighted by Gasteiger charge is 2.11. The Labute approximate surface area is 99.3 Å². The Morgan fingerprint density at radius 3 is 2.76 bits per heavy atom. The molecule has 0 saturated carbocycles. The van der Waals surface area contributed by atoms with Crippen LogP contribution in [0.4, 0.5) is 0 Å². The fourth-order valence-corrected chi connectivity index (χ4v) is 2.55. The fourth-order valence-electron chi connectivity index (χ4n) is 2.55. The summed E-state index contributed by atoms with van der Waals surface area (Å²) >= 11 is 0. The number of rotatable bonds is 1. The summed E-state index contributed by atoms with van der Waals surface area (Å²) < 4.78 is 2.16. The van der Waals surface area contributed by atoms with Crippen molar-refractivity contribution in [1.82, 2.24) is 9.55 Å². The Morgan fingerprint density at radius 2 is 2.00 bits per heavy atom. The average molecular weight is 226 g/mol. The molecule has 0 saturated heterocycles. The molecule has 0 atom stereocenters. The van der Waals surface area contributed by atoms with Crippen LogP contribution in [0.3, 0.4) is 0 Å². The van der Waals surface area contributed by atoms with Gasteiger partial charge in [-0.3, -0.25) is 4.98 Å². The largest absolute Gasteiger partial charge is 0.390 e. The summed E-state index contributed by atoms with van der Waals surface area (Å²) in [5.41, 5.74) is 4.03. The van der Waals surface area contributed by atoms with Crippen LogP contribution in [0.5, 0.6) is 0 Å². The lowest BCUT2D eigenvalue weighted by Gasteiger charge is -2.03. The molecule has 2 aromatic heterocycles. The lowest BCUT2D eigenvalue weighted by molar-refractivity contribution is 0.277. The molecule has 3 nitrogen and oxygen atoms in total. The van der Waals surface area contributed by atoms with Crippen molar-refractivity contribution >= 4 is 21.8 Å². The van der Waals surface area contributed by atoms with Crippen molar-refractivity contribution in [2.24, 2.45) is 7.05 Å². The Bertz CT molecular complexity index is 713. The van der Waals surface area contributed by atoms with Crippen molar-refractivity contribution in [3.63, 3.8) is 0 Å². The van der Waals surface area contributed by atoms with Gasteiger partial charge in [0.05, 0.1) is 23.5 Å². The minimum atomic E-state index is -0.0139. The van der Waals surface area contributed by atoms with Crippen LogP contribution in [-0.2, 0) is 13.7 Å². The summed E-state index contributed by atoms with van der Waals surface area (Å²) in [7, 11) is 2.05. The molecule has 3 rings (SSSR count). The molecule has 0 aliphatic heterocycles. The van der Waals surface area contributed by atoms with Gasteiger partial charge in [-0.2, -0.15) is 0 Å². The summed E-state index contributed by atoms with van der Waals surface area (Å²) in [6.07, 6.45) is 0. The molecular formula is C14H14N2O. The summed E-state index contributed by atoms with van der Waals surface area (Å²) in [5.74, 6) is 0. The van der Waals surface area contributed by atoms with E-state index in [9.17, 15) is 5.11 Å². The zero-order valence-electron chi connectivity index (χ0n) is 9.94. The van der Waals surface area contributed by atoms with Crippen LogP contribution >= 0.6 is 0 Å². The van der Waals surface area contributed by atoms with Gasteiger partial charge in [0.1, 0.15) is 0 Å². The Hall–Kier alpha value is -1.87. The van der Waals surface area contributed by atoms with Crippen LogP contribution in [0.2, 0.25) is 0 Å². The predicted molar refractivity (Wildman–Crippen MR) is 68.9 cm³/mol. The van der Waals surface area contributed by atoms with Crippen LogP contribution in [0.25, 0.3) is 21.8 Å². The number of pyridine rings is 1. The average Bonchev–Trinajstić information content (AvgIpc) is 2.64. The number of para-hydroxylation sites is 1. The highest BCUT2D eigenvalue weighted by molar-refractivity contribution is 6.08. The topological polar surface area (TPSA) is 38.1 Å². The van der Waals surface area contributed by atoms with Gasteiger partial charge in [-0.1, -0.05) is 18.2 Å². The molecule has 2 heterocycles. The number of hydrogen-bond acceptors (Lipinski definition) is 2. The zero-order valence-corrected chi connectivity index (χ0v) is 9.94. The van der Waals surface area contributed by atoms with Crippen LogP contribution in [0.1, 0.15) is 11.4 Å². The van der Waals surface area contributed by atoms with Gasteiger partial charge in [0, 0.05) is 23.3 Å². The summed E-state index contributed by atoms with van der Waals surface area (Å²) in [6, 6.07) is 10.3. The van der Waals surface area contributed by atoms with Crippen molar-refractivity contribution < 1.29 is 5.11 Å². The molecule has 0 amide bonds. The first kappa shape index (κ1) is 10.3. The van der Waals surface area contributed by atoms with E-state index in [1.165, 1.54) is 16.3 Å². The maximum Gasteiger partial charge on any atom is 0.0853 e. The van der Waals surface area contributed by atoms with Gasteiger partial charge in [0.15, 0.2) is 0 Å². The van der Waals surface area contributed by atoms with E-state index in [0.717, 1.165) is 16.9 Å². The van der Waals surface area contributed by atoms with Crippen molar-refractivity contribution in [2.45, 2.75) is 13.5 Å². The number of hydrogen-bond donors (Lipinski definition) is 1. The van der Waals surface area contributed by atoms with E-state index in [4.69, 9.17) is 0 Å². The van der Waals surface area contributed by atoms with Gasteiger partial charge < -0.3 is 9.67 Å². The third-order valence-electron chi connectivity index (χ3n) is 3.27. The maximum atomic E-state index is 9.23. The normalized spacial score (nSPS) is 11.5. The molecule has 0 radical (unpaired) electrons. The minimum absolute atomic E-state index is 0.0139. The number of aliphatic hydroxyl groups is 1. The summed E-state index contributed by atoms with van der Waals surface area (Å²) in [6.45, 7) is 1.97. The molecule has 0 aliphatic carbocycles. The lowest BCUT2D eigenvalue weighted by atomic mass is 10.1. The van der Waals surface area contributed by atoms with Gasteiger partial charge in [-0.15, -0.1) is 0 Å². The molecular weight excluding hydrogens is 212 g/mol. The second-order valence-corrected chi connectivity index (χ2v) is 4.33. The van der Waals surface area contributed by atoms with Crippen molar-refractivity contribution in [3.8, 4) is 0 Å². The van der Waals surface area contributed by atoms with Crippen molar-refractivity contribution in [1.29, 1.82) is 0 Å². The maximum absolute atomic E-state index is 9.23. The van der Waals surface area contributed by atoms with Gasteiger partial charge >= 0.3 is 0 Å². The van der Waals surface area contributed by atoms with Crippen molar-refractivity contribution in [2.75, 3.05) is 0 Å². The molecule has 86 valence electrons. The second-order valence-electron chi connectivity index (χ2n) is 4.33. The molecule has 17 heavy (non-hydrogen) atoms. The highest BCUT2D eigenvalue weighted by Crippen LogP contribution is 2.29. The SMILES string of the molecule is Cc1nc(CO)cc2c3ccccc3n(C)c12. The molecule has 0 aliphatic rings. The van der Waals surface area contributed by atoms with E-state index in [2.05, 4.69) is 28.7 Å². The predicted octanol–water partition coefficient (Wildman–Crippen LogP) is 2.53. The minimum Gasteiger partial charge on any atom is -0.390 e. The van der Waals surface area contributed by atoms with E-state index in [0.29, 0.717) is 0 Å². The number of benzene rings is 1. The number of aryl methyl sites for hydroxylation is 2. The van der Waals surface area contributed by atoms with Crippen LogP contribution in [0.15, 0.2) is 30.3 Å². The molecule has 3 heteroatoms. The first-order chi connectivity index (χ1) is 8.22. The van der Waals surface area contributed by atoms with Crippen LogP contribution < -0.4 is 0 Å². The number of nitrogens with zero attached hydrogens (tertiary/aromatic N) is 2. The van der Waals surface area contributed by atoms with E-state index >= 15 is 0 Å². The van der Waals surface area contributed by atoms with E-state index in [-0.39, 0.29) is 6.61 Å². The monoisotopic (exact) mass is 226 g/mol. The van der Waals surface area contributed by atoms with Gasteiger partial charge in [-0.05, 0) is 19.1 Å². The van der Waals surface area contributed by atoms with E-state index in [1.807, 2.05) is 25.1 Å². The first-order valence-electron chi connectivity index (χ1n) is 5.67. The summed E-state index contributed by atoms with van der Waals surface area (Å²) in [5, 5.41) is 11.6. The van der Waals surface area contributed by atoms with Gasteiger partial charge in [-0.25, -0.2) is 0 Å². The number of fused-ring (bicyclic) bond motifs is 3. The van der Waals surface area contributed by atoms with E-state index in [1.54, 1.807) is 0 Å². The highest BCUT2D eigenvalue weighted by atomic mass is 16.3. The summed E-state index contributed by atoms with van der Waals surface area (Å²) in [4.78, 5) is 4.41.